The largest absolute Gasteiger partial charge is 0.281 e. The van der Waals surface area contributed by atoms with Gasteiger partial charge in [0.1, 0.15) is 5.69 Å². The second-order valence-corrected chi connectivity index (χ2v) is 3.91. The van der Waals surface area contributed by atoms with Crippen molar-refractivity contribution in [2.75, 3.05) is 0 Å². The minimum Gasteiger partial charge on any atom is -0.249 e. The minimum absolute atomic E-state index is 0.164. The molecule has 0 aromatic carbocycles. The molecule has 0 aliphatic heterocycles. The van der Waals surface area contributed by atoms with E-state index in [-0.39, 0.29) is 11.6 Å². The van der Waals surface area contributed by atoms with E-state index in [4.69, 9.17) is 11.6 Å². The fourth-order valence-corrected chi connectivity index (χ4v) is 1.61. The maximum atomic E-state index is 12.4. The summed E-state index contributed by atoms with van der Waals surface area (Å²) in [6.07, 6.45) is -2.53. The van der Waals surface area contributed by atoms with Crippen molar-refractivity contribution in [3.05, 3.63) is 26.6 Å². The molecule has 0 unspecified atom stereocenters. The first-order valence-corrected chi connectivity index (χ1v) is 5.17. The van der Waals surface area contributed by atoms with Crippen LogP contribution in [0.5, 0.6) is 0 Å². The smallest absolute Gasteiger partial charge is 0.249 e. The summed E-state index contributed by atoms with van der Waals surface area (Å²) in [5.41, 5.74) is 1.12. The second-order valence-electron chi connectivity index (χ2n) is 2.56. The number of aryl methyl sites for hydroxylation is 1. The lowest BCUT2D eigenvalue weighted by molar-refractivity contribution is 0.144. The number of rotatable bonds is 2. The van der Waals surface area contributed by atoms with Gasteiger partial charge in [-0.1, -0.05) is 0 Å². The van der Waals surface area contributed by atoms with Gasteiger partial charge in [0.2, 0.25) is 0 Å². The Morgan fingerprint density at radius 1 is 1.62 bits per heavy atom. The van der Waals surface area contributed by atoms with Crippen molar-refractivity contribution in [1.29, 1.82) is 0 Å². The van der Waals surface area contributed by atoms with Gasteiger partial charge in [-0.15, -0.1) is 11.6 Å². The summed E-state index contributed by atoms with van der Waals surface area (Å²) >= 11 is 7.39. The Bertz CT molecular complexity index is 317. The van der Waals surface area contributed by atoms with E-state index in [1.165, 1.54) is 0 Å². The Labute approximate surface area is 93.6 Å². The maximum absolute atomic E-state index is 12.4. The van der Waals surface area contributed by atoms with Crippen LogP contribution in [0.3, 0.4) is 0 Å². The molecule has 0 saturated carbocycles. The van der Waals surface area contributed by atoms with Crippen LogP contribution in [0.25, 0.3) is 0 Å². The molecule has 0 fully saturated rings. The molecule has 13 heavy (non-hydrogen) atoms. The maximum Gasteiger partial charge on any atom is 0.281 e. The van der Waals surface area contributed by atoms with Crippen LogP contribution >= 0.6 is 34.2 Å². The van der Waals surface area contributed by atoms with Gasteiger partial charge in [0.25, 0.3) is 6.43 Å². The van der Waals surface area contributed by atoms with Gasteiger partial charge < -0.3 is 0 Å². The number of hydrogen-bond donors (Lipinski definition) is 0. The van der Waals surface area contributed by atoms with Gasteiger partial charge in [0.15, 0.2) is 0 Å². The van der Waals surface area contributed by atoms with Gasteiger partial charge in [0, 0.05) is 3.57 Å². The Kier molecular flexibility index (Phi) is 3.85. The van der Waals surface area contributed by atoms with Crippen LogP contribution < -0.4 is 0 Å². The first-order chi connectivity index (χ1) is 6.06. The lowest BCUT2D eigenvalue weighted by Gasteiger charge is -2.07. The molecule has 72 valence electrons. The molecule has 1 aromatic heterocycles. The van der Waals surface area contributed by atoms with E-state index >= 15 is 0 Å². The Balaban J connectivity index is 3.25. The van der Waals surface area contributed by atoms with Gasteiger partial charge in [-0.3, -0.25) is 0 Å². The second kappa shape index (κ2) is 4.50. The van der Waals surface area contributed by atoms with Crippen LogP contribution in [0.1, 0.15) is 23.4 Å². The highest BCUT2D eigenvalue weighted by Crippen LogP contribution is 2.25. The molecule has 0 aliphatic rings. The molecular weight excluding hydrogens is 310 g/mol. The van der Waals surface area contributed by atoms with Crippen LogP contribution in [0, 0.1) is 10.5 Å². The van der Waals surface area contributed by atoms with E-state index < -0.39 is 6.43 Å². The van der Waals surface area contributed by atoms with Crippen LogP contribution in [0.2, 0.25) is 0 Å². The number of halogens is 4. The van der Waals surface area contributed by atoms with E-state index in [9.17, 15) is 8.78 Å². The summed E-state index contributed by atoms with van der Waals surface area (Å²) in [6.45, 7) is 1.77. The molecule has 0 spiro atoms. The van der Waals surface area contributed by atoms with Gasteiger partial charge in [0.05, 0.1) is 11.6 Å². The van der Waals surface area contributed by atoms with Crippen LogP contribution in [-0.4, -0.2) is 4.98 Å². The zero-order valence-electron chi connectivity index (χ0n) is 6.82. The van der Waals surface area contributed by atoms with Crippen molar-refractivity contribution in [2.45, 2.75) is 19.2 Å². The molecule has 1 aromatic rings. The third-order valence-electron chi connectivity index (χ3n) is 1.56. The van der Waals surface area contributed by atoms with Crippen molar-refractivity contribution in [3.63, 3.8) is 0 Å². The van der Waals surface area contributed by atoms with E-state index in [0.29, 0.717) is 9.26 Å². The molecule has 0 amide bonds. The lowest BCUT2D eigenvalue weighted by atomic mass is 10.2. The normalized spacial score (nSPS) is 10.9. The summed E-state index contributed by atoms with van der Waals surface area (Å²) < 4.78 is 25.3. The van der Waals surface area contributed by atoms with Crippen molar-refractivity contribution in [3.8, 4) is 0 Å². The highest BCUT2D eigenvalue weighted by Gasteiger charge is 2.15. The van der Waals surface area contributed by atoms with E-state index in [0.717, 1.165) is 5.56 Å². The zero-order chi connectivity index (χ0) is 10.0. The highest BCUT2D eigenvalue weighted by molar-refractivity contribution is 14.1. The number of aromatic nitrogens is 1. The quantitative estimate of drug-likeness (QED) is 0.599. The SMILES string of the molecule is Cc1cc(CCl)nc(C(F)F)c1I. The van der Waals surface area contributed by atoms with Crippen LogP contribution in [0.4, 0.5) is 8.78 Å². The summed E-state index contributed by atoms with van der Waals surface area (Å²) in [4.78, 5) is 3.76. The van der Waals surface area contributed by atoms with Crippen molar-refractivity contribution in [1.82, 2.24) is 4.98 Å². The average molecular weight is 318 g/mol. The molecule has 1 nitrogen and oxygen atoms in total. The molecule has 0 atom stereocenters. The molecule has 0 radical (unpaired) electrons. The first kappa shape index (κ1) is 11.1. The molecule has 0 aliphatic carbocycles. The number of nitrogens with zero attached hydrogens (tertiary/aromatic N) is 1. The van der Waals surface area contributed by atoms with Gasteiger partial charge in [-0.2, -0.15) is 0 Å². The molecule has 0 N–H and O–H groups in total. The summed E-state index contributed by atoms with van der Waals surface area (Å²) in [5, 5.41) is 0. The van der Waals surface area contributed by atoms with Crippen LogP contribution in [-0.2, 0) is 5.88 Å². The third kappa shape index (κ3) is 2.49. The summed E-state index contributed by atoms with van der Waals surface area (Å²) in [7, 11) is 0. The average Bonchev–Trinajstić information content (AvgIpc) is 2.09. The standard InChI is InChI=1S/C8H7ClF2IN/c1-4-2-5(3-9)13-7(6(4)12)8(10)11/h2,8H,3H2,1H3. The van der Waals surface area contributed by atoms with Gasteiger partial charge in [-0.05, 0) is 41.1 Å². The van der Waals surface area contributed by atoms with Gasteiger partial charge >= 0.3 is 0 Å². The topological polar surface area (TPSA) is 12.9 Å². The van der Waals surface area contributed by atoms with E-state index in [2.05, 4.69) is 4.98 Å². The minimum atomic E-state index is -2.53. The van der Waals surface area contributed by atoms with Crippen molar-refractivity contribution >= 4 is 34.2 Å². The molecule has 0 bridgehead atoms. The Hall–Kier alpha value is 0.0300. The Morgan fingerprint density at radius 3 is 2.69 bits per heavy atom. The van der Waals surface area contributed by atoms with E-state index in [1.807, 2.05) is 22.6 Å². The first-order valence-electron chi connectivity index (χ1n) is 3.56. The molecule has 0 saturated heterocycles. The highest BCUT2D eigenvalue weighted by atomic mass is 127. The van der Waals surface area contributed by atoms with E-state index in [1.54, 1.807) is 13.0 Å². The molecule has 1 rings (SSSR count). The molecular formula is C8H7ClF2IN. The van der Waals surface area contributed by atoms with Gasteiger partial charge in [-0.25, -0.2) is 13.8 Å². The predicted octanol–water partition coefficient (Wildman–Crippen LogP) is 3.67. The lowest BCUT2D eigenvalue weighted by Crippen LogP contribution is -2.00. The van der Waals surface area contributed by atoms with Crippen LogP contribution in [0.15, 0.2) is 6.07 Å². The molecule has 1 heterocycles. The number of alkyl halides is 3. The summed E-state index contributed by atoms with van der Waals surface area (Å²) in [6, 6.07) is 1.72. The van der Waals surface area contributed by atoms with Crippen molar-refractivity contribution in [2.24, 2.45) is 0 Å². The Morgan fingerprint density at radius 2 is 2.23 bits per heavy atom. The fraction of sp³-hybridized carbons (Fsp3) is 0.375. The number of pyridine rings is 1. The molecule has 5 heteroatoms. The fourth-order valence-electron chi connectivity index (χ4n) is 0.964. The summed E-state index contributed by atoms with van der Waals surface area (Å²) in [5.74, 6) is 0.164. The third-order valence-corrected chi connectivity index (χ3v) is 3.24. The predicted molar refractivity (Wildman–Crippen MR) is 56.2 cm³/mol. The number of hydrogen-bond acceptors (Lipinski definition) is 1. The monoisotopic (exact) mass is 317 g/mol. The van der Waals surface area contributed by atoms with Crippen molar-refractivity contribution < 1.29 is 8.78 Å². The zero-order valence-corrected chi connectivity index (χ0v) is 9.73.